The second-order valence-corrected chi connectivity index (χ2v) is 11.8. The van der Waals surface area contributed by atoms with Crippen LogP contribution in [0.15, 0.2) is 36.4 Å². The Hall–Kier alpha value is -2.85. The van der Waals surface area contributed by atoms with Crippen LogP contribution in [0.25, 0.3) is 5.83 Å². The van der Waals surface area contributed by atoms with Crippen molar-refractivity contribution in [3.8, 4) is 0 Å². The zero-order valence-electron chi connectivity index (χ0n) is 20.7. The summed E-state index contributed by atoms with van der Waals surface area (Å²) in [4.78, 5) is 23.6. The second-order valence-electron chi connectivity index (χ2n) is 8.86. The van der Waals surface area contributed by atoms with Gasteiger partial charge in [0.1, 0.15) is 17.5 Å². The molecule has 0 spiro atoms. The van der Waals surface area contributed by atoms with Gasteiger partial charge in [0.2, 0.25) is 0 Å². The lowest BCUT2D eigenvalue weighted by atomic mass is 9.94. The maximum atomic E-state index is 15.0. The molecule has 0 aromatic heterocycles. The molecular formula is C24H17Cl2F10NO4S. The number of sulfone groups is 1. The predicted molar refractivity (Wildman–Crippen MR) is 133 cm³/mol. The summed E-state index contributed by atoms with van der Waals surface area (Å²) >= 11 is 11.5. The molecule has 232 valence electrons. The van der Waals surface area contributed by atoms with Crippen LogP contribution in [0, 0.1) is 0 Å². The molecule has 0 fully saturated rings. The van der Waals surface area contributed by atoms with Gasteiger partial charge >= 0.3 is 18.5 Å². The van der Waals surface area contributed by atoms with Crippen molar-refractivity contribution >= 4 is 51.1 Å². The summed E-state index contributed by atoms with van der Waals surface area (Å²) in [5.74, 6) is -9.76. The Kier molecular flexibility index (Phi) is 10.8. The van der Waals surface area contributed by atoms with E-state index in [1.807, 2.05) is 0 Å². The van der Waals surface area contributed by atoms with Crippen LogP contribution in [0.1, 0.15) is 50.2 Å². The smallest absolute Gasteiger partial charge is 0.349 e. The first-order valence-electron chi connectivity index (χ1n) is 11.1. The highest BCUT2D eigenvalue weighted by Gasteiger charge is 2.41. The Labute approximate surface area is 241 Å². The van der Waals surface area contributed by atoms with Crippen molar-refractivity contribution in [2.24, 2.45) is 0 Å². The summed E-state index contributed by atoms with van der Waals surface area (Å²) < 4.78 is 158. The topological polar surface area (TPSA) is 80.3 Å². The fourth-order valence-corrected chi connectivity index (χ4v) is 5.53. The molecule has 0 saturated heterocycles. The quantitative estimate of drug-likeness (QED) is 0.220. The summed E-state index contributed by atoms with van der Waals surface area (Å²) in [5.41, 5.74) is -5.35. The van der Waals surface area contributed by atoms with E-state index in [2.05, 4.69) is 0 Å². The predicted octanol–water partition coefficient (Wildman–Crippen LogP) is 7.58. The van der Waals surface area contributed by atoms with E-state index < -0.39 is 101 Å². The zero-order valence-corrected chi connectivity index (χ0v) is 23.0. The molecule has 2 rings (SSSR count). The molecule has 0 bridgehead atoms. The zero-order chi connectivity index (χ0) is 32.4. The molecule has 0 aliphatic carbocycles. The van der Waals surface area contributed by atoms with Crippen LogP contribution >= 0.6 is 23.2 Å². The molecular weight excluding hydrogens is 659 g/mol. The highest BCUT2D eigenvalue weighted by Crippen LogP contribution is 2.42. The number of halogens is 12. The largest absolute Gasteiger partial charge is 0.417 e. The highest BCUT2D eigenvalue weighted by atomic mass is 35.5. The lowest BCUT2D eigenvalue weighted by Crippen LogP contribution is -2.40. The van der Waals surface area contributed by atoms with Gasteiger partial charge in [-0.15, -0.1) is 0 Å². The molecule has 5 nitrogen and oxygen atoms in total. The first-order chi connectivity index (χ1) is 18.9. The third kappa shape index (κ3) is 9.59. The van der Waals surface area contributed by atoms with Gasteiger partial charge in [-0.2, -0.15) is 39.5 Å². The van der Waals surface area contributed by atoms with Crippen molar-refractivity contribution in [2.45, 2.75) is 37.4 Å². The molecule has 42 heavy (non-hydrogen) atoms. The fraction of sp³-hybridized carbons (Fsp3) is 0.333. The molecule has 2 atom stereocenters. The molecule has 1 N–H and O–H groups in total. The van der Waals surface area contributed by atoms with Gasteiger partial charge in [0, 0.05) is 17.2 Å². The summed E-state index contributed by atoms with van der Waals surface area (Å²) in [6, 6.07) is 0.684. The van der Waals surface area contributed by atoms with Gasteiger partial charge in [0.05, 0.1) is 26.9 Å². The van der Waals surface area contributed by atoms with Crippen LogP contribution in [0.5, 0.6) is 0 Å². The van der Waals surface area contributed by atoms with E-state index in [1.165, 1.54) is 0 Å². The minimum atomic E-state index is -5.39. The molecule has 2 aromatic rings. The average Bonchev–Trinajstić information content (AvgIpc) is 2.80. The van der Waals surface area contributed by atoms with E-state index in [1.54, 1.807) is 5.32 Å². The van der Waals surface area contributed by atoms with E-state index >= 15 is 4.39 Å². The van der Waals surface area contributed by atoms with Crippen molar-refractivity contribution in [1.29, 1.82) is 0 Å². The first-order valence-corrected chi connectivity index (χ1v) is 13.7. The van der Waals surface area contributed by atoms with Crippen LogP contribution < -0.4 is 5.32 Å². The lowest BCUT2D eigenvalue weighted by Gasteiger charge is -2.20. The number of alkyl halides is 9. The van der Waals surface area contributed by atoms with E-state index in [0.29, 0.717) is 24.3 Å². The van der Waals surface area contributed by atoms with Crippen molar-refractivity contribution in [2.75, 3.05) is 11.5 Å². The van der Waals surface area contributed by atoms with Crippen LogP contribution in [0.3, 0.4) is 0 Å². The molecule has 18 heteroatoms. The fourth-order valence-electron chi connectivity index (χ4n) is 3.68. The van der Waals surface area contributed by atoms with Gasteiger partial charge in [0.25, 0.3) is 5.91 Å². The summed E-state index contributed by atoms with van der Waals surface area (Å²) in [6.07, 6.45) is -15.7. The van der Waals surface area contributed by atoms with Crippen molar-refractivity contribution in [3.05, 3.63) is 74.3 Å². The lowest BCUT2D eigenvalue weighted by molar-refractivity contribution is -0.140. The summed E-state index contributed by atoms with van der Waals surface area (Å²) in [5, 5.41) is 0.916. The van der Waals surface area contributed by atoms with E-state index in [0.717, 1.165) is 6.92 Å². The van der Waals surface area contributed by atoms with Crippen LogP contribution in [0.4, 0.5) is 43.9 Å². The number of benzene rings is 2. The number of hydrogen-bond acceptors (Lipinski definition) is 4. The number of rotatable bonds is 9. The number of carbonyl (C=O) groups excluding carboxylic acids is 2. The monoisotopic (exact) mass is 675 g/mol. The maximum absolute atomic E-state index is 15.0. The Bertz CT molecular complexity index is 1490. The van der Waals surface area contributed by atoms with Gasteiger partial charge in [-0.25, -0.2) is 12.8 Å². The minimum absolute atomic E-state index is 0.0188. The summed E-state index contributed by atoms with van der Waals surface area (Å²) in [7, 11) is -4.82. The van der Waals surface area contributed by atoms with Crippen LogP contribution in [-0.4, -0.2) is 50.5 Å². The number of amides is 1. The van der Waals surface area contributed by atoms with Gasteiger partial charge in [-0.3, -0.25) is 9.59 Å². The molecule has 0 radical (unpaired) electrons. The first kappa shape index (κ1) is 35.3. The van der Waals surface area contributed by atoms with Gasteiger partial charge in [-0.05, 0) is 42.8 Å². The standard InChI is InChI=1S/C24H17Cl2F10NO4S/c1-11(9-42(40,41)10-22(28,29)30)37-21(39)15-3-2-12(5-17(15)24(34,35)36)19(27)7-16(23(31,32)33)13-4-14(8-38)20(26)18(25)6-13/h2-8,11,16H,9-10H2,1H3,(H,37,39)/b19-7-/t11-,16?/m1/s1. The average molecular weight is 676 g/mol. The maximum Gasteiger partial charge on any atom is 0.417 e. The Morgan fingerprint density at radius 1 is 1.00 bits per heavy atom. The number of allylic oxidation sites excluding steroid dienone is 1. The SMILES string of the molecule is C[C@H](CS(=O)(=O)CC(F)(F)F)NC(=O)c1ccc(/C(F)=C/C(c2cc(Cl)c(Cl)c(C=O)c2)C(F)(F)F)cc1C(F)(F)F. The summed E-state index contributed by atoms with van der Waals surface area (Å²) in [6.45, 7) is 0.909. The molecule has 2 aromatic carbocycles. The third-order valence-electron chi connectivity index (χ3n) is 5.34. The van der Waals surface area contributed by atoms with Crippen molar-refractivity contribution in [3.63, 3.8) is 0 Å². The minimum Gasteiger partial charge on any atom is -0.349 e. The Morgan fingerprint density at radius 3 is 2.10 bits per heavy atom. The number of nitrogens with one attached hydrogen (secondary N) is 1. The molecule has 1 amide bonds. The Balaban J connectivity index is 2.49. The normalized spacial score (nSPS) is 14.8. The van der Waals surface area contributed by atoms with Crippen molar-refractivity contribution in [1.82, 2.24) is 5.32 Å². The van der Waals surface area contributed by atoms with Gasteiger partial charge in [-0.1, -0.05) is 29.3 Å². The van der Waals surface area contributed by atoms with E-state index in [9.17, 15) is 57.5 Å². The van der Waals surface area contributed by atoms with E-state index in [4.69, 9.17) is 23.2 Å². The van der Waals surface area contributed by atoms with Crippen molar-refractivity contribution < 1.29 is 61.9 Å². The number of aldehydes is 1. The van der Waals surface area contributed by atoms with Gasteiger partial charge in [0.15, 0.2) is 16.1 Å². The molecule has 1 unspecified atom stereocenters. The van der Waals surface area contributed by atoms with Crippen LogP contribution in [-0.2, 0) is 16.0 Å². The number of hydrogen-bond donors (Lipinski definition) is 1. The molecule has 0 aliphatic rings. The van der Waals surface area contributed by atoms with Crippen LogP contribution in [0.2, 0.25) is 10.0 Å². The van der Waals surface area contributed by atoms with Gasteiger partial charge < -0.3 is 5.32 Å². The molecule has 0 aliphatic heterocycles. The third-order valence-corrected chi connectivity index (χ3v) is 7.93. The van der Waals surface area contributed by atoms with E-state index in [-0.39, 0.29) is 18.4 Å². The highest BCUT2D eigenvalue weighted by molar-refractivity contribution is 7.91. The molecule has 0 heterocycles. The Morgan fingerprint density at radius 2 is 1.60 bits per heavy atom. The second kappa shape index (κ2) is 12.8. The molecule has 0 saturated carbocycles. The number of carbonyl (C=O) groups is 2.